The first-order chi connectivity index (χ1) is 10.6. The predicted molar refractivity (Wildman–Crippen MR) is 84.7 cm³/mol. The average molecular weight is 351 g/mol. The first kappa shape index (κ1) is 20.3. The minimum atomic E-state index is -4.19. The maximum atomic E-state index is 12.6. The van der Waals surface area contributed by atoms with Gasteiger partial charge in [0.15, 0.2) is 6.10 Å². The van der Waals surface area contributed by atoms with Crippen LogP contribution < -0.4 is 5.73 Å². The zero-order valence-corrected chi connectivity index (χ0v) is 14.9. The standard InChI is InChI=1S/C14H27N2O6P/c1-4-5-8-12(15)23(20,21)22-11(3)13(17)16(14(18)19)9-6-7-10(16)2/h10-12H,4-9,15H2,1-3H3,(H-,18,19,20,21)/p+1/t10-,11?,12+,16?/m1/s1. The van der Waals surface area contributed by atoms with Crippen LogP contribution in [0.2, 0.25) is 0 Å². The van der Waals surface area contributed by atoms with Crippen molar-refractivity contribution in [1.82, 2.24) is 0 Å². The summed E-state index contributed by atoms with van der Waals surface area (Å²) in [4.78, 5) is 34.2. The molecule has 9 heteroatoms. The van der Waals surface area contributed by atoms with Gasteiger partial charge in [0, 0.05) is 12.8 Å². The number of amides is 2. The van der Waals surface area contributed by atoms with Crippen molar-refractivity contribution >= 4 is 19.6 Å². The minimum absolute atomic E-state index is 0.167. The van der Waals surface area contributed by atoms with E-state index in [2.05, 4.69) is 0 Å². The first-order valence-corrected chi connectivity index (χ1v) is 9.66. The molecule has 0 aromatic rings. The first-order valence-electron chi connectivity index (χ1n) is 8.01. The number of nitrogens with zero attached hydrogens (tertiary/aromatic N) is 1. The molecule has 0 aromatic heterocycles. The molecule has 4 N–H and O–H groups in total. The molecule has 5 atom stereocenters. The number of unbranched alkanes of at least 4 members (excludes halogenated alkanes) is 1. The SMILES string of the molecule is CCCC[C@@H](N)P(=O)(O)OC(C)C(=O)[N+]1(C(=O)O)CCC[C@H]1C. The Hall–Kier alpha value is -0.790. The van der Waals surface area contributed by atoms with Gasteiger partial charge >= 0.3 is 19.6 Å². The molecule has 1 rings (SSSR count). The Kier molecular flexibility index (Phi) is 6.92. The van der Waals surface area contributed by atoms with Gasteiger partial charge in [-0.2, -0.15) is 9.28 Å². The summed E-state index contributed by atoms with van der Waals surface area (Å²) in [6.45, 7) is 5.10. The maximum Gasteiger partial charge on any atom is 0.521 e. The van der Waals surface area contributed by atoms with Crippen molar-refractivity contribution in [3.05, 3.63) is 0 Å². The van der Waals surface area contributed by atoms with Crippen LogP contribution in [0.1, 0.15) is 52.9 Å². The lowest BCUT2D eigenvalue weighted by atomic mass is 10.2. The van der Waals surface area contributed by atoms with Crippen molar-refractivity contribution in [3.8, 4) is 0 Å². The number of carbonyl (C=O) groups excluding carboxylic acids is 1. The van der Waals surface area contributed by atoms with Gasteiger partial charge in [-0.15, -0.1) is 0 Å². The van der Waals surface area contributed by atoms with Crippen LogP contribution in [0.5, 0.6) is 0 Å². The molecular formula is C14H28N2O6P+. The van der Waals surface area contributed by atoms with E-state index < -0.39 is 42.0 Å². The van der Waals surface area contributed by atoms with E-state index in [1.54, 1.807) is 6.92 Å². The van der Waals surface area contributed by atoms with Crippen LogP contribution >= 0.6 is 7.60 Å². The van der Waals surface area contributed by atoms with Crippen molar-refractivity contribution in [2.24, 2.45) is 5.73 Å². The summed E-state index contributed by atoms with van der Waals surface area (Å²) < 4.78 is 16.5. The number of carbonyl (C=O) groups is 2. The van der Waals surface area contributed by atoms with E-state index in [-0.39, 0.29) is 6.54 Å². The van der Waals surface area contributed by atoms with Gasteiger partial charge in [-0.05, 0) is 20.3 Å². The predicted octanol–water partition coefficient (Wildman–Crippen LogP) is 2.26. The maximum absolute atomic E-state index is 12.6. The number of quaternary nitrogens is 1. The van der Waals surface area contributed by atoms with Crippen molar-refractivity contribution in [3.63, 3.8) is 0 Å². The Balaban J connectivity index is 2.87. The summed E-state index contributed by atoms with van der Waals surface area (Å²) in [5, 5.41) is 9.52. The highest BCUT2D eigenvalue weighted by Crippen LogP contribution is 2.48. The fourth-order valence-corrected chi connectivity index (χ4v) is 4.24. The Morgan fingerprint density at radius 3 is 2.52 bits per heavy atom. The van der Waals surface area contributed by atoms with Crippen LogP contribution in [0.3, 0.4) is 0 Å². The van der Waals surface area contributed by atoms with Gasteiger partial charge in [-0.25, -0.2) is 4.79 Å². The molecule has 0 aliphatic carbocycles. The highest BCUT2D eigenvalue weighted by molar-refractivity contribution is 7.53. The molecule has 2 amide bonds. The van der Waals surface area contributed by atoms with E-state index in [9.17, 15) is 24.2 Å². The Morgan fingerprint density at radius 2 is 2.09 bits per heavy atom. The number of hydrogen-bond donors (Lipinski definition) is 3. The second-order valence-electron chi connectivity index (χ2n) is 6.23. The largest absolute Gasteiger partial charge is 0.521 e. The van der Waals surface area contributed by atoms with E-state index in [4.69, 9.17) is 10.3 Å². The zero-order valence-electron chi connectivity index (χ0n) is 14.0. The molecular weight excluding hydrogens is 323 g/mol. The molecule has 0 bridgehead atoms. The third-order valence-corrected chi connectivity index (χ3v) is 6.26. The van der Waals surface area contributed by atoms with E-state index in [1.807, 2.05) is 6.92 Å². The van der Waals surface area contributed by atoms with Crippen LogP contribution in [0.25, 0.3) is 0 Å². The topological polar surface area (TPSA) is 127 Å². The normalized spacial score (nSPS) is 29.7. The number of imide groups is 1. The van der Waals surface area contributed by atoms with E-state index >= 15 is 0 Å². The Labute approximate surface area is 136 Å². The van der Waals surface area contributed by atoms with Gasteiger partial charge in [-0.3, -0.25) is 9.09 Å². The zero-order chi connectivity index (χ0) is 17.8. The smallest absolute Gasteiger partial charge is 0.435 e. The van der Waals surface area contributed by atoms with Gasteiger partial charge in [0.05, 0.1) is 6.54 Å². The number of nitrogens with two attached hydrogens (primary N) is 1. The quantitative estimate of drug-likeness (QED) is 0.474. The molecule has 0 radical (unpaired) electrons. The second kappa shape index (κ2) is 7.85. The molecule has 0 aromatic carbocycles. The molecule has 1 aliphatic rings. The summed E-state index contributed by atoms with van der Waals surface area (Å²) in [5.41, 5.74) is 5.69. The van der Waals surface area contributed by atoms with Crippen molar-refractivity contribution in [1.29, 1.82) is 0 Å². The minimum Gasteiger partial charge on any atom is -0.435 e. The lowest BCUT2D eigenvalue weighted by Gasteiger charge is -2.32. The molecule has 1 heterocycles. The van der Waals surface area contributed by atoms with Crippen LogP contribution in [-0.4, -0.2) is 51.0 Å². The molecule has 8 nitrogen and oxygen atoms in total. The summed E-state index contributed by atoms with van der Waals surface area (Å²) in [6.07, 6.45) is 0.452. The van der Waals surface area contributed by atoms with Gasteiger partial charge in [0.1, 0.15) is 11.8 Å². The fraction of sp³-hybridized carbons (Fsp3) is 0.857. The third-order valence-electron chi connectivity index (χ3n) is 4.55. The number of rotatable bonds is 7. The summed E-state index contributed by atoms with van der Waals surface area (Å²) in [7, 11) is -4.19. The van der Waals surface area contributed by atoms with Crippen molar-refractivity contribution < 1.29 is 33.2 Å². The summed E-state index contributed by atoms with van der Waals surface area (Å²) >= 11 is 0. The Bertz CT molecular complexity index is 500. The molecule has 1 aliphatic heterocycles. The second-order valence-corrected chi connectivity index (χ2v) is 8.23. The third kappa shape index (κ3) is 4.19. The molecule has 3 unspecified atom stereocenters. The summed E-state index contributed by atoms with van der Waals surface area (Å²) in [6, 6.07) is -0.391. The monoisotopic (exact) mass is 351 g/mol. The lowest BCUT2D eigenvalue weighted by Crippen LogP contribution is -2.61. The highest BCUT2D eigenvalue weighted by Gasteiger charge is 2.55. The van der Waals surface area contributed by atoms with Crippen LogP contribution in [0, 0.1) is 0 Å². The molecule has 0 spiro atoms. The summed E-state index contributed by atoms with van der Waals surface area (Å²) in [5.74, 6) is -1.79. The molecule has 134 valence electrons. The molecule has 23 heavy (non-hydrogen) atoms. The van der Waals surface area contributed by atoms with E-state index in [1.165, 1.54) is 6.92 Å². The molecule has 1 saturated heterocycles. The van der Waals surface area contributed by atoms with Gasteiger partial charge in [-0.1, -0.05) is 19.8 Å². The lowest BCUT2D eigenvalue weighted by molar-refractivity contribution is -0.793. The van der Waals surface area contributed by atoms with E-state index in [0.717, 1.165) is 6.42 Å². The van der Waals surface area contributed by atoms with Crippen molar-refractivity contribution in [2.75, 3.05) is 6.54 Å². The fourth-order valence-electron chi connectivity index (χ4n) is 3.03. The molecule has 1 fully saturated rings. The average Bonchev–Trinajstić information content (AvgIpc) is 2.85. The van der Waals surface area contributed by atoms with Crippen LogP contribution in [0.15, 0.2) is 0 Å². The van der Waals surface area contributed by atoms with Crippen LogP contribution in [-0.2, 0) is 13.9 Å². The Morgan fingerprint density at radius 1 is 1.48 bits per heavy atom. The van der Waals surface area contributed by atoms with Gasteiger partial charge in [0.2, 0.25) is 0 Å². The van der Waals surface area contributed by atoms with Crippen molar-refractivity contribution in [2.45, 2.75) is 70.8 Å². The van der Waals surface area contributed by atoms with Gasteiger partial charge < -0.3 is 15.7 Å². The highest BCUT2D eigenvalue weighted by atomic mass is 31.2. The van der Waals surface area contributed by atoms with E-state index in [0.29, 0.717) is 25.7 Å². The van der Waals surface area contributed by atoms with Gasteiger partial charge in [0.25, 0.3) is 0 Å². The van der Waals surface area contributed by atoms with Crippen LogP contribution in [0.4, 0.5) is 4.79 Å². The number of carboxylic acid groups (broad SMARTS) is 1. The number of hydrogen-bond acceptors (Lipinski definition) is 5. The number of likely N-dealkylation sites (tertiary alicyclic amines) is 1. The molecule has 0 saturated carbocycles.